The summed E-state index contributed by atoms with van der Waals surface area (Å²) in [5.41, 5.74) is 4.01. The van der Waals surface area contributed by atoms with Gasteiger partial charge in [0.05, 0.1) is 0 Å². The van der Waals surface area contributed by atoms with Crippen molar-refractivity contribution in [2.24, 2.45) is 0 Å². The first-order valence-corrected chi connectivity index (χ1v) is 8.96. The molecule has 0 unspecified atom stereocenters. The van der Waals surface area contributed by atoms with Crippen LogP contribution in [0.1, 0.15) is 33.1 Å². The number of aromatic amines is 1. The maximum Gasteiger partial charge on any atom is 0.275 e. The van der Waals surface area contributed by atoms with E-state index in [9.17, 15) is 9.59 Å². The summed E-state index contributed by atoms with van der Waals surface area (Å²) in [6.45, 7) is 3.93. The second-order valence-electron chi connectivity index (χ2n) is 7.30. The molecule has 3 aromatic rings. The van der Waals surface area contributed by atoms with Crippen molar-refractivity contribution in [3.63, 3.8) is 0 Å². The van der Waals surface area contributed by atoms with E-state index >= 15 is 0 Å². The molecule has 7 nitrogen and oxygen atoms in total. The number of carbonyl (C=O) groups excluding carboxylic acids is 1. The zero-order valence-electron chi connectivity index (χ0n) is 15.7. The summed E-state index contributed by atoms with van der Waals surface area (Å²) < 4.78 is 5.36. The lowest BCUT2D eigenvalue weighted by Gasteiger charge is -2.26. The fraction of sp³-hybridized carbons (Fsp3) is 0.350. The van der Waals surface area contributed by atoms with Crippen molar-refractivity contribution in [1.29, 1.82) is 0 Å². The van der Waals surface area contributed by atoms with Gasteiger partial charge in [-0.05, 0) is 19.1 Å². The summed E-state index contributed by atoms with van der Waals surface area (Å²) in [5, 5.41) is 4.68. The van der Waals surface area contributed by atoms with Crippen molar-refractivity contribution in [3.8, 4) is 0 Å². The number of pyridine rings is 1. The number of hydrogen-bond acceptors (Lipinski definition) is 5. The molecule has 7 heteroatoms. The maximum atomic E-state index is 12.5. The minimum atomic E-state index is -0.156. The van der Waals surface area contributed by atoms with Gasteiger partial charge in [-0.25, -0.2) is 0 Å². The van der Waals surface area contributed by atoms with Crippen molar-refractivity contribution in [2.75, 3.05) is 20.6 Å². The molecule has 27 heavy (non-hydrogen) atoms. The van der Waals surface area contributed by atoms with Gasteiger partial charge in [0.25, 0.3) is 5.91 Å². The van der Waals surface area contributed by atoms with Crippen LogP contribution in [0.25, 0.3) is 10.9 Å². The molecule has 0 atom stereocenters. The van der Waals surface area contributed by atoms with Gasteiger partial charge in [-0.3, -0.25) is 14.5 Å². The van der Waals surface area contributed by atoms with Crippen molar-refractivity contribution in [2.45, 2.75) is 26.4 Å². The van der Waals surface area contributed by atoms with Gasteiger partial charge in [-0.15, -0.1) is 0 Å². The minimum Gasteiger partial charge on any atom is -0.360 e. The van der Waals surface area contributed by atoms with E-state index in [0.29, 0.717) is 30.6 Å². The smallest absolute Gasteiger partial charge is 0.275 e. The number of nitrogens with zero attached hydrogens (tertiary/aromatic N) is 3. The summed E-state index contributed by atoms with van der Waals surface area (Å²) in [7, 11) is 3.40. The number of benzene rings is 1. The van der Waals surface area contributed by atoms with Crippen molar-refractivity contribution in [3.05, 3.63) is 62.8 Å². The van der Waals surface area contributed by atoms with Crippen molar-refractivity contribution >= 4 is 16.8 Å². The average Bonchev–Trinajstić information content (AvgIpc) is 3.05. The van der Waals surface area contributed by atoms with Crippen LogP contribution in [0.5, 0.6) is 0 Å². The zero-order chi connectivity index (χ0) is 19.1. The summed E-state index contributed by atoms with van der Waals surface area (Å²) in [4.78, 5) is 31.8. The molecule has 0 radical (unpaired) electrons. The van der Waals surface area contributed by atoms with Gasteiger partial charge in [-0.1, -0.05) is 16.8 Å². The second-order valence-corrected chi connectivity index (χ2v) is 7.30. The molecule has 0 aliphatic carbocycles. The van der Waals surface area contributed by atoms with Gasteiger partial charge < -0.3 is 14.4 Å². The molecule has 0 bridgehead atoms. The molecule has 1 aliphatic rings. The van der Waals surface area contributed by atoms with E-state index in [2.05, 4.69) is 15.0 Å². The lowest BCUT2D eigenvalue weighted by atomic mass is 10.0. The summed E-state index contributed by atoms with van der Waals surface area (Å²) in [6.07, 6.45) is 0.694. The van der Waals surface area contributed by atoms with Crippen LogP contribution in [0, 0.1) is 6.92 Å². The Balaban J connectivity index is 1.59. The Morgan fingerprint density at radius 1 is 1.33 bits per heavy atom. The summed E-state index contributed by atoms with van der Waals surface area (Å²) >= 11 is 0. The van der Waals surface area contributed by atoms with Gasteiger partial charge in [0, 0.05) is 68.4 Å². The van der Waals surface area contributed by atoms with E-state index in [1.54, 1.807) is 20.2 Å². The molecule has 2 aromatic heterocycles. The van der Waals surface area contributed by atoms with Crippen LogP contribution in [0.2, 0.25) is 0 Å². The largest absolute Gasteiger partial charge is 0.360 e. The van der Waals surface area contributed by atoms with Gasteiger partial charge in [0.1, 0.15) is 5.76 Å². The number of carbonyl (C=O) groups is 1. The first-order chi connectivity index (χ1) is 12.9. The SMILES string of the molecule is Cc1ccc2[nH]c(CN3CCc4onc(C(=O)N(C)C)c4C3)cc(=O)c2c1. The van der Waals surface area contributed by atoms with E-state index < -0.39 is 0 Å². The monoisotopic (exact) mass is 366 g/mol. The van der Waals surface area contributed by atoms with Crippen LogP contribution < -0.4 is 5.43 Å². The van der Waals surface area contributed by atoms with Crippen LogP contribution in [0.15, 0.2) is 33.6 Å². The topological polar surface area (TPSA) is 82.4 Å². The Labute approximate surface area is 156 Å². The molecule has 0 saturated heterocycles. The molecule has 1 aromatic carbocycles. The number of nitrogens with one attached hydrogen (secondary N) is 1. The van der Waals surface area contributed by atoms with Crippen LogP contribution in [-0.2, 0) is 19.5 Å². The number of amides is 1. The van der Waals surface area contributed by atoms with Crippen molar-refractivity contribution in [1.82, 2.24) is 19.9 Å². The third-order valence-electron chi connectivity index (χ3n) is 4.95. The Kier molecular flexibility index (Phi) is 4.31. The summed E-state index contributed by atoms with van der Waals surface area (Å²) in [6, 6.07) is 7.50. The predicted molar refractivity (Wildman–Crippen MR) is 102 cm³/mol. The number of fused-ring (bicyclic) bond motifs is 2. The average molecular weight is 366 g/mol. The number of H-pyrrole nitrogens is 1. The fourth-order valence-corrected chi connectivity index (χ4v) is 3.52. The molecule has 4 rings (SSSR count). The lowest BCUT2D eigenvalue weighted by Crippen LogP contribution is -2.32. The van der Waals surface area contributed by atoms with E-state index in [-0.39, 0.29) is 11.3 Å². The zero-order valence-corrected chi connectivity index (χ0v) is 15.7. The van der Waals surface area contributed by atoms with E-state index in [4.69, 9.17) is 4.52 Å². The first kappa shape index (κ1) is 17.5. The molecule has 1 amide bonds. The molecule has 140 valence electrons. The van der Waals surface area contributed by atoms with E-state index in [1.807, 2.05) is 25.1 Å². The number of aromatic nitrogens is 2. The molecular weight excluding hydrogens is 344 g/mol. The number of hydrogen-bond donors (Lipinski definition) is 1. The standard InChI is InChI=1S/C20H22N4O3/c1-12-4-5-16-14(8-12)17(25)9-13(21-16)10-24-7-6-18-15(11-24)19(22-27-18)20(26)23(2)3/h4-5,8-9H,6-7,10-11H2,1-3H3,(H,21,25). The van der Waals surface area contributed by atoms with Crippen LogP contribution in [-0.4, -0.2) is 46.5 Å². The maximum absolute atomic E-state index is 12.5. The van der Waals surface area contributed by atoms with Gasteiger partial charge >= 0.3 is 0 Å². The molecule has 3 heterocycles. The Bertz CT molecular complexity index is 1080. The molecule has 0 fully saturated rings. The molecular formula is C20H22N4O3. The molecule has 0 saturated carbocycles. The highest BCUT2D eigenvalue weighted by Crippen LogP contribution is 2.24. The Hall–Kier alpha value is -2.93. The first-order valence-electron chi connectivity index (χ1n) is 8.96. The lowest BCUT2D eigenvalue weighted by molar-refractivity contribution is 0.0815. The van der Waals surface area contributed by atoms with Gasteiger partial charge in [0.2, 0.25) is 0 Å². The number of rotatable bonds is 3. The fourth-order valence-electron chi connectivity index (χ4n) is 3.52. The van der Waals surface area contributed by atoms with Gasteiger partial charge in [-0.2, -0.15) is 0 Å². The number of aryl methyl sites for hydroxylation is 1. The summed E-state index contributed by atoms with van der Waals surface area (Å²) in [5.74, 6) is 0.621. The van der Waals surface area contributed by atoms with Crippen molar-refractivity contribution < 1.29 is 9.32 Å². The second kappa shape index (κ2) is 6.66. The van der Waals surface area contributed by atoms with Crippen LogP contribution in [0.3, 0.4) is 0 Å². The van der Waals surface area contributed by atoms with Gasteiger partial charge in [0.15, 0.2) is 11.1 Å². The quantitative estimate of drug-likeness (QED) is 0.767. The third-order valence-corrected chi connectivity index (χ3v) is 4.95. The van der Waals surface area contributed by atoms with Crippen LogP contribution in [0.4, 0.5) is 0 Å². The van der Waals surface area contributed by atoms with Crippen LogP contribution >= 0.6 is 0 Å². The molecule has 1 N–H and O–H groups in total. The highest BCUT2D eigenvalue weighted by Gasteiger charge is 2.28. The Morgan fingerprint density at radius 2 is 2.15 bits per heavy atom. The third kappa shape index (κ3) is 3.26. The molecule has 0 spiro atoms. The minimum absolute atomic E-state index is 0.0219. The highest BCUT2D eigenvalue weighted by molar-refractivity contribution is 5.93. The normalized spacial score (nSPS) is 14.3. The molecule has 1 aliphatic heterocycles. The van der Waals surface area contributed by atoms with E-state index in [0.717, 1.165) is 34.6 Å². The highest BCUT2D eigenvalue weighted by atomic mass is 16.5. The predicted octanol–water partition coefficient (Wildman–Crippen LogP) is 2.08. The Morgan fingerprint density at radius 3 is 2.93 bits per heavy atom. The van der Waals surface area contributed by atoms with E-state index in [1.165, 1.54) is 4.90 Å².